The normalized spacial score (nSPS) is 13.5. The van der Waals surface area contributed by atoms with Gasteiger partial charge in [0.25, 0.3) is 0 Å². The first-order chi connectivity index (χ1) is 19.3. The number of carbonyl (C=O) groups is 3. The van der Waals surface area contributed by atoms with Crippen molar-refractivity contribution in [3.05, 3.63) is 98.8 Å². The molecule has 0 radical (unpaired) electrons. The van der Waals surface area contributed by atoms with Crippen LogP contribution in [0.5, 0.6) is 0 Å². The van der Waals surface area contributed by atoms with Gasteiger partial charge in [-0.3, -0.25) is 0 Å². The number of nitrogens with one attached hydrogen (secondary N) is 2. The molecule has 4 rings (SSSR count). The zero-order valence-corrected chi connectivity index (χ0v) is 23.8. The summed E-state index contributed by atoms with van der Waals surface area (Å²) in [5, 5.41) is 6.90. The van der Waals surface area contributed by atoms with Crippen LogP contribution in [-0.4, -0.2) is 43.7 Å². The fourth-order valence-electron chi connectivity index (χ4n) is 4.67. The molecule has 1 aliphatic rings. The first-order valence-electron chi connectivity index (χ1n) is 12.7. The quantitative estimate of drug-likeness (QED) is 0.267. The number of ether oxygens (including phenoxy) is 3. The van der Waals surface area contributed by atoms with E-state index in [0.29, 0.717) is 45.3 Å². The molecule has 2 N–H and O–H groups in total. The third kappa shape index (κ3) is 6.07. The number of hydrogen-bond donors (Lipinski definition) is 2. The van der Waals surface area contributed by atoms with E-state index in [1.54, 1.807) is 20.8 Å². The summed E-state index contributed by atoms with van der Waals surface area (Å²) in [5.41, 5.74) is 4.46. The van der Waals surface area contributed by atoms with Crippen molar-refractivity contribution in [2.45, 2.75) is 33.1 Å². The molecule has 0 saturated heterocycles. The van der Waals surface area contributed by atoms with Crippen molar-refractivity contribution in [3.8, 4) is 0 Å². The van der Waals surface area contributed by atoms with E-state index in [9.17, 15) is 14.4 Å². The smallest absolute Gasteiger partial charge is 0.358 e. The number of aromatic nitrogens is 1. The molecule has 1 aliphatic heterocycles. The van der Waals surface area contributed by atoms with Crippen LogP contribution in [0.2, 0.25) is 0 Å². The summed E-state index contributed by atoms with van der Waals surface area (Å²) in [6, 6.07) is 17.2. The summed E-state index contributed by atoms with van der Waals surface area (Å²) in [5.74, 6) is -2.30. The monoisotopic (exact) mass is 561 g/mol. The summed E-state index contributed by atoms with van der Waals surface area (Å²) in [4.78, 5) is 43.7. The van der Waals surface area contributed by atoms with Crippen LogP contribution in [-0.2, 0) is 30.2 Å². The lowest BCUT2D eigenvalue weighted by Crippen LogP contribution is -2.32. The average molecular weight is 562 g/mol. The molecule has 0 spiro atoms. The Morgan fingerprint density at radius 1 is 0.925 bits per heavy atom. The van der Waals surface area contributed by atoms with E-state index in [0.717, 1.165) is 10.4 Å². The van der Waals surface area contributed by atoms with Gasteiger partial charge >= 0.3 is 17.9 Å². The molecule has 1 aromatic heterocycles. The van der Waals surface area contributed by atoms with Crippen molar-refractivity contribution in [1.29, 1.82) is 0 Å². The second-order valence-electron chi connectivity index (χ2n) is 9.04. The Labute approximate surface area is 236 Å². The van der Waals surface area contributed by atoms with Gasteiger partial charge in [0.05, 0.1) is 37.9 Å². The number of hydrogen-bond acceptors (Lipinski definition) is 10. The lowest BCUT2D eigenvalue weighted by Gasteiger charge is -2.30. The lowest BCUT2D eigenvalue weighted by atomic mass is 9.80. The van der Waals surface area contributed by atoms with Gasteiger partial charge in [-0.25, -0.2) is 19.4 Å². The van der Waals surface area contributed by atoms with E-state index >= 15 is 0 Å². The summed E-state index contributed by atoms with van der Waals surface area (Å²) in [6.07, 6.45) is 0.530. The average Bonchev–Trinajstić information content (AvgIpc) is 3.34. The van der Waals surface area contributed by atoms with Crippen LogP contribution in [0.25, 0.3) is 0 Å². The molecule has 208 valence electrons. The lowest BCUT2D eigenvalue weighted by molar-refractivity contribution is -0.137. The van der Waals surface area contributed by atoms with Gasteiger partial charge in [-0.05, 0) is 44.0 Å². The molecule has 0 amide bonds. The van der Waals surface area contributed by atoms with Crippen LogP contribution < -0.4 is 10.6 Å². The van der Waals surface area contributed by atoms with Gasteiger partial charge in [0.2, 0.25) is 0 Å². The number of anilines is 2. The van der Waals surface area contributed by atoms with Crippen LogP contribution >= 0.6 is 11.3 Å². The van der Waals surface area contributed by atoms with Crippen molar-refractivity contribution in [2.75, 3.05) is 26.1 Å². The molecule has 2 heterocycles. The molecular formula is C30H31N3O6S. The molecule has 2 aromatic carbocycles. The standard InChI is InChI=1S/C30H31N3O6S/c1-6-39-29(36)26-22(15-19-11-8-7-9-12-19)40-30(33-26)32-21-14-10-13-20(16-21)25-23(27(34)37-4)17(2)31-18(3)24(25)28(35)38-5/h7-14,16,25,31H,6,15H2,1-5H3,(H,32,33). The molecule has 0 bridgehead atoms. The van der Waals surface area contributed by atoms with Gasteiger partial charge in [-0.15, -0.1) is 11.3 Å². The molecule has 0 atom stereocenters. The molecule has 0 unspecified atom stereocenters. The minimum atomic E-state index is -0.720. The summed E-state index contributed by atoms with van der Waals surface area (Å²) in [7, 11) is 2.61. The SMILES string of the molecule is CCOC(=O)c1nc(Nc2cccc(C3C(C(=O)OC)=C(C)NC(C)=C3C(=O)OC)c2)sc1Cc1ccccc1. The zero-order valence-electron chi connectivity index (χ0n) is 23.0. The van der Waals surface area contributed by atoms with Gasteiger partial charge in [0.1, 0.15) is 0 Å². The van der Waals surface area contributed by atoms with Gasteiger partial charge in [0, 0.05) is 28.4 Å². The number of nitrogens with zero attached hydrogens (tertiary/aromatic N) is 1. The molecule has 3 aromatic rings. The summed E-state index contributed by atoms with van der Waals surface area (Å²) >= 11 is 1.36. The maximum atomic E-state index is 12.8. The Morgan fingerprint density at radius 3 is 2.17 bits per heavy atom. The van der Waals surface area contributed by atoms with Crippen molar-refractivity contribution < 1.29 is 28.6 Å². The molecule has 9 nitrogen and oxygen atoms in total. The first-order valence-corrected chi connectivity index (χ1v) is 13.5. The second kappa shape index (κ2) is 12.6. The molecule has 0 saturated carbocycles. The van der Waals surface area contributed by atoms with Crippen LogP contribution in [0.4, 0.5) is 10.8 Å². The van der Waals surface area contributed by atoms with Crippen molar-refractivity contribution in [2.24, 2.45) is 0 Å². The second-order valence-corrected chi connectivity index (χ2v) is 10.1. The Balaban J connectivity index is 1.72. The van der Waals surface area contributed by atoms with Gasteiger partial charge < -0.3 is 24.8 Å². The third-order valence-electron chi connectivity index (χ3n) is 6.42. The van der Waals surface area contributed by atoms with E-state index in [1.807, 2.05) is 54.6 Å². The molecule has 40 heavy (non-hydrogen) atoms. The highest BCUT2D eigenvalue weighted by molar-refractivity contribution is 7.16. The Kier molecular flexibility index (Phi) is 9.00. The van der Waals surface area contributed by atoms with E-state index in [4.69, 9.17) is 14.2 Å². The fourth-order valence-corrected chi connectivity index (χ4v) is 5.68. The van der Waals surface area contributed by atoms with Crippen LogP contribution in [0, 0.1) is 0 Å². The summed E-state index contributed by atoms with van der Waals surface area (Å²) in [6.45, 7) is 5.52. The van der Waals surface area contributed by atoms with Crippen LogP contribution in [0.1, 0.15) is 53.2 Å². The minimum absolute atomic E-state index is 0.243. The fraction of sp³-hybridized carbons (Fsp3) is 0.267. The van der Waals surface area contributed by atoms with E-state index in [1.165, 1.54) is 25.6 Å². The Morgan fingerprint density at radius 2 is 1.57 bits per heavy atom. The predicted molar refractivity (Wildman–Crippen MR) is 152 cm³/mol. The van der Waals surface area contributed by atoms with Crippen LogP contribution in [0.15, 0.2) is 77.1 Å². The number of benzene rings is 2. The Hall–Kier alpha value is -4.44. The molecule has 0 fully saturated rings. The highest BCUT2D eigenvalue weighted by atomic mass is 32.1. The number of dihydropyridines is 1. The van der Waals surface area contributed by atoms with Gasteiger partial charge in [-0.2, -0.15) is 0 Å². The number of rotatable bonds is 9. The topological polar surface area (TPSA) is 116 Å². The molecular weight excluding hydrogens is 530 g/mol. The predicted octanol–water partition coefficient (Wildman–Crippen LogP) is 5.24. The highest BCUT2D eigenvalue weighted by Crippen LogP contribution is 2.40. The van der Waals surface area contributed by atoms with Crippen molar-refractivity contribution in [1.82, 2.24) is 10.3 Å². The van der Waals surface area contributed by atoms with E-state index < -0.39 is 23.8 Å². The van der Waals surface area contributed by atoms with Crippen molar-refractivity contribution in [3.63, 3.8) is 0 Å². The highest BCUT2D eigenvalue weighted by Gasteiger charge is 2.37. The molecule has 10 heteroatoms. The number of esters is 3. The van der Waals surface area contributed by atoms with Crippen LogP contribution in [0.3, 0.4) is 0 Å². The van der Waals surface area contributed by atoms with Crippen molar-refractivity contribution >= 4 is 40.1 Å². The number of carbonyl (C=O) groups excluding carboxylic acids is 3. The maximum absolute atomic E-state index is 12.8. The maximum Gasteiger partial charge on any atom is 0.358 e. The largest absolute Gasteiger partial charge is 0.466 e. The number of thiazole rings is 1. The first kappa shape index (κ1) is 28.6. The van der Waals surface area contributed by atoms with Gasteiger partial charge in [-0.1, -0.05) is 42.5 Å². The van der Waals surface area contributed by atoms with E-state index in [-0.39, 0.29) is 12.3 Å². The molecule has 0 aliphatic carbocycles. The number of allylic oxidation sites excluding steroid dienone is 2. The number of methoxy groups -OCH3 is 2. The van der Waals surface area contributed by atoms with Gasteiger partial charge in [0.15, 0.2) is 10.8 Å². The third-order valence-corrected chi connectivity index (χ3v) is 7.39. The van der Waals surface area contributed by atoms with E-state index in [2.05, 4.69) is 15.6 Å². The zero-order chi connectivity index (χ0) is 28.8. The minimum Gasteiger partial charge on any atom is -0.466 e. The Bertz CT molecular complexity index is 1450. The summed E-state index contributed by atoms with van der Waals surface area (Å²) < 4.78 is 15.4.